The third kappa shape index (κ3) is 3.97. The van der Waals surface area contributed by atoms with Crippen molar-refractivity contribution in [2.24, 2.45) is 0 Å². The average molecular weight is 257 g/mol. The summed E-state index contributed by atoms with van der Waals surface area (Å²) in [4.78, 5) is 19.5. The van der Waals surface area contributed by atoms with Gasteiger partial charge in [-0.25, -0.2) is 9.97 Å². The van der Waals surface area contributed by atoms with E-state index in [0.717, 1.165) is 5.56 Å². The van der Waals surface area contributed by atoms with E-state index in [1.807, 2.05) is 20.8 Å². The Kier molecular flexibility index (Phi) is 4.46. The molecule has 0 fully saturated rings. The van der Waals surface area contributed by atoms with Crippen LogP contribution in [0.15, 0.2) is 6.20 Å². The van der Waals surface area contributed by atoms with Crippen molar-refractivity contribution in [2.75, 3.05) is 7.11 Å². The zero-order valence-electron chi connectivity index (χ0n) is 10.6. The molecule has 1 aromatic rings. The molecule has 0 aromatic carbocycles. The predicted octanol–water partition coefficient (Wildman–Crippen LogP) is 2.53. The maximum absolute atomic E-state index is 11.0. The van der Waals surface area contributed by atoms with E-state index < -0.39 is 0 Å². The summed E-state index contributed by atoms with van der Waals surface area (Å²) in [7, 11) is 1.36. The molecule has 0 saturated heterocycles. The Morgan fingerprint density at radius 1 is 1.47 bits per heavy atom. The molecule has 0 aliphatic heterocycles. The highest BCUT2D eigenvalue weighted by Crippen LogP contribution is 2.21. The highest BCUT2D eigenvalue weighted by atomic mass is 35.5. The summed E-state index contributed by atoms with van der Waals surface area (Å²) in [5.41, 5.74) is 0.634. The van der Waals surface area contributed by atoms with E-state index in [2.05, 4.69) is 14.7 Å². The maximum Gasteiger partial charge on any atom is 0.305 e. The predicted molar refractivity (Wildman–Crippen MR) is 66.1 cm³/mol. The Labute approximate surface area is 106 Å². The zero-order valence-corrected chi connectivity index (χ0v) is 11.3. The van der Waals surface area contributed by atoms with Crippen LogP contribution in [0.5, 0.6) is 0 Å². The van der Waals surface area contributed by atoms with E-state index in [-0.39, 0.29) is 17.8 Å². The van der Waals surface area contributed by atoms with Crippen LogP contribution >= 0.6 is 11.6 Å². The van der Waals surface area contributed by atoms with E-state index >= 15 is 0 Å². The second kappa shape index (κ2) is 5.45. The van der Waals surface area contributed by atoms with Gasteiger partial charge in [-0.15, -0.1) is 0 Å². The number of carbonyl (C=O) groups excluding carboxylic acids is 1. The Morgan fingerprint density at radius 3 is 2.59 bits per heavy atom. The van der Waals surface area contributed by atoms with E-state index in [1.165, 1.54) is 7.11 Å². The smallest absolute Gasteiger partial charge is 0.305 e. The van der Waals surface area contributed by atoms with Crippen molar-refractivity contribution < 1.29 is 9.53 Å². The molecular weight excluding hydrogens is 240 g/mol. The van der Waals surface area contributed by atoms with Crippen molar-refractivity contribution in [2.45, 2.75) is 39.0 Å². The zero-order chi connectivity index (χ0) is 13.1. The molecule has 1 heterocycles. The van der Waals surface area contributed by atoms with Crippen molar-refractivity contribution in [3.8, 4) is 0 Å². The molecule has 0 amide bonds. The molecule has 0 unspecified atom stereocenters. The van der Waals surface area contributed by atoms with Crippen LogP contribution in [0.25, 0.3) is 0 Å². The van der Waals surface area contributed by atoms with Gasteiger partial charge in [-0.2, -0.15) is 0 Å². The van der Waals surface area contributed by atoms with E-state index in [1.54, 1.807) is 6.20 Å². The lowest BCUT2D eigenvalue weighted by Crippen LogP contribution is -2.16. The summed E-state index contributed by atoms with van der Waals surface area (Å²) in [6.45, 7) is 6.06. The molecule has 1 aromatic heterocycles. The van der Waals surface area contributed by atoms with Crippen LogP contribution in [0.1, 0.15) is 38.6 Å². The number of esters is 1. The summed E-state index contributed by atoms with van der Waals surface area (Å²) in [6, 6.07) is 0. The highest BCUT2D eigenvalue weighted by molar-refractivity contribution is 6.30. The minimum Gasteiger partial charge on any atom is -0.469 e. The van der Waals surface area contributed by atoms with Crippen LogP contribution in [0.2, 0.25) is 5.15 Å². The SMILES string of the molecule is COC(=O)CCc1cnc(C(C)(C)C)nc1Cl. The first-order valence-electron chi connectivity index (χ1n) is 5.43. The first kappa shape index (κ1) is 13.9. The van der Waals surface area contributed by atoms with Crippen LogP contribution in [-0.2, 0) is 21.4 Å². The van der Waals surface area contributed by atoms with Gasteiger partial charge in [-0.1, -0.05) is 32.4 Å². The summed E-state index contributed by atoms with van der Waals surface area (Å²) in [5.74, 6) is 0.435. The van der Waals surface area contributed by atoms with Crippen molar-refractivity contribution in [1.82, 2.24) is 9.97 Å². The van der Waals surface area contributed by atoms with Crippen molar-refractivity contribution >= 4 is 17.6 Å². The topological polar surface area (TPSA) is 52.1 Å². The van der Waals surface area contributed by atoms with Crippen LogP contribution in [0.3, 0.4) is 0 Å². The number of carbonyl (C=O) groups is 1. The lowest BCUT2D eigenvalue weighted by molar-refractivity contribution is -0.140. The molecular formula is C12H17ClN2O2. The van der Waals surface area contributed by atoms with E-state index in [9.17, 15) is 4.79 Å². The van der Waals surface area contributed by atoms with E-state index in [0.29, 0.717) is 17.4 Å². The normalized spacial score (nSPS) is 11.4. The van der Waals surface area contributed by atoms with Gasteiger partial charge in [0.25, 0.3) is 0 Å². The molecule has 94 valence electrons. The summed E-state index contributed by atoms with van der Waals surface area (Å²) in [6.07, 6.45) is 2.46. The number of rotatable bonds is 3. The van der Waals surface area contributed by atoms with Gasteiger partial charge in [-0.05, 0) is 6.42 Å². The van der Waals surface area contributed by atoms with Gasteiger partial charge in [-0.3, -0.25) is 4.79 Å². The third-order valence-electron chi connectivity index (χ3n) is 2.31. The number of hydrogen-bond donors (Lipinski definition) is 0. The quantitative estimate of drug-likeness (QED) is 0.616. The minimum absolute atomic E-state index is 0.134. The molecule has 4 nitrogen and oxygen atoms in total. The minimum atomic E-state index is -0.263. The molecule has 1 rings (SSSR count). The van der Waals surface area contributed by atoms with Gasteiger partial charge in [0.1, 0.15) is 11.0 Å². The Balaban J connectivity index is 2.80. The first-order valence-corrected chi connectivity index (χ1v) is 5.81. The van der Waals surface area contributed by atoms with Crippen LogP contribution in [0, 0.1) is 0 Å². The lowest BCUT2D eigenvalue weighted by atomic mass is 9.95. The van der Waals surface area contributed by atoms with E-state index in [4.69, 9.17) is 11.6 Å². The second-order valence-corrected chi connectivity index (χ2v) is 5.19. The van der Waals surface area contributed by atoms with Crippen LogP contribution in [-0.4, -0.2) is 23.0 Å². The summed E-state index contributed by atoms with van der Waals surface area (Å²) >= 11 is 6.06. The molecule has 0 N–H and O–H groups in total. The molecule has 0 aliphatic rings. The maximum atomic E-state index is 11.0. The molecule has 0 radical (unpaired) electrons. The number of methoxy groups -OCH3 is 1. The molecule has 0 atom stereocenters. The van der Waals surface area contributed by atoms with Gasteiger partial charge in [0.15, 0.2) is 0 Å². The van der Waals surface area contributed by atoms with Crippen LogP contribution < -0.4 is 0 Å². The number of aryl methyl sites for hydroxylation is 1. The van der Waals surface area contributed by atoms with Crippen LogP contribution in [0.4, 0.5) is 0 Å². The molecule has 0 spiro atoms. The van der Waals surface area contributed by atoms with Gasteiger partial charge >= 0.3 is 5.97 Å². The molecule has 17 heavy (non-hydrogen) atoms. The number of ether oxygens (including phenoxy) is 1. The third-order valence-corrected chi connectivity index (χ3v) is 2.64. The number of nitrogens with zero attached hydrogens (tertiary/aromatic N) is 2. The molecule has 0 bridgehead atoms. The number of aromatic nitrogens is 2. The summed E-state index contributed by atoms with van der Waals surface area (Å²) < 4.78 is 4.57. The van der Waals surface area contributed by atoms with Gasteiger partial charge in [0, 0.05) is 23.6 Å². The second-order valence-electron chi connectivity index (χ2n) is 4.84. The van der Waals surface area contributed by atoms with Crippen molar-refractivity contribution in [3.63, 3.8) is 0 Å². The fraction of sp³-hybridized carbons (Fsp3) is 0.583. The largest absolute Gasteiger partial charge is 0.469 e. The fourth-order valence-electron chi connectivity index (χ4n) is 1.25. The van der Waals surface area contributed by atoms with Gasteiger partial charge in [0.2, 0.25) is 0 Å². The molecule has 0 aliphatic carbocycles. The monoisotopic (exact) mass is 256 g/mol. The standard InChI is InChI=1S/C12H17ClN2O2/c1-12(2,3)11-14-7-8(10(13)15-11)5-6-9(16)17-4/h7H,5-6H2,1-4H3. The fourth-order valence-corrected chi connectivity index (χ4v) is 1.48. The van der Waals surface area contributed by atoms with Crippen molar-refractivity contribution in [1.29, 1.82) is 0 Å². The Bertz CT molecular complexity index is 413. The summed E-state index contributed by atoms with van der Waals surface area (Å²) in [5, 5.41) is 0.411. The Morgan fingerprint density at radius 2 is 2.12 bits per heavy atom. The van der Waals surface area contributed by atoms with Crippen molar-refractivity contribution in [3.05, 3.63) is 22.7 Å². The first-order chi connectivity index (χ1) is 7.84. The number of hydrogen-bond acceptors (Lipinski definition) is 4. The van der Waals surface area contributed by atoms with Gasteiger partial charge in [0.05, 0.1) is 7.11 Å². The Hall–Kier alpha value is -1.16. The average Bonchev–Trinajstić information content (AvgIpc) is 2.25. The lowest BCUT2D eigenvalue weighted by Gasteiger charge is -2.16. The van der Waals surface area contributed by atoms with Gasteiger partial charge < -0.3 is 4.74 Å². The molecule has 5 heteroatoms. The number of halogens is 1. The molecule has 0 saturated carbocycles. The highest BCUT2D eigenvalue weighted by Gasteiger charge is 2.18.